The monoisotopic (exact) mass is 308 g/mol. The van der Waals surface area contributed by atoms with E-state index in [0.717, 1.165) is 5.69 Å². The smallest absolute Gasteiger partial charge is 0.241 e. The molecule has 0 unspecified atom stereocenters. The highest BCUT2D eigenvalue weighted by Crippen LogP contribution is 2.41. The molecule has 1 aliphatic carbocycles. The highest BCUT2D eigenvalue weighted by Gasteiger charge is 2.33. The lowest BCUT2D eigenvalue weighted by atomic mass is 10.0. The molecule has 1 saturated carbocycles. The van der Waals surface area contributed by atoms with Crippen molar-refractivity contribution >= 4 is 11.6 Å². The number of carbonyl (C=O) groups is 1. The highest BCUT2D eigenvalue weighted by atomic mass is 16.2. The fourth-order valence-electron chi connectivity index (χ4n) is 2.83. The number of hydrogen-bond donors (Lipinski definition) is 2. The van der Waals surface area contributed by atoms with Crippen LogP contribution < -0.4 is 10.6 Å². The number of anilines is 1. The lowest BCUT2D eigenvalue weighted by Crippen LogP contribution is -2.40. The van der Waals surface area contributed by atoms with E-state index in [0.29, 0.717) is 5.92 Å². The summed E-state index contributed by atoms with van der Waals surface area (Å²) in [4.78, 5) is 12.4. The third-order valence-corrected chi connectivity index (χ3v) is 4.39. The fraction of sp³-hybridized carbons (Fsp3) is 0.350. The number of carbonyl (C=O) groups excluding carboxylic acids is 1. The minimum atomic E-state index is -0.234. The summed E-state index contributed by atoms with van der Waals surface area (Å²) in [6.07, 6.45) is 2.47. The van der Waals surface area contributed by atoms with Crippen molar-refractivity contribution in [3.05, 3.63) is 65.7 Å². The molecule has 1 fully saturated rings. The van der Waals surface area contributed by atoms with Gasteiger partial charge in [0.2, 0.25) is 5.91 Å². The average molecular weight is 308 g/mol. The number of rotatable bonds is 6. The summed E-state index contributed by atoms with van der Waals surface area (Å²) in [6, 6.07) is 18.3. The van der Waals surface area contributed by atoms with E-state index in [2.05, 4.69) is 34.9 Å². The number of benzene rings is 2. The molecule has 0 aromatic heterocycles. The molecule has 2 atom stereocenters. The Kier molecular flexibility index (Phi) is 4.77. The molecule has 0 heterocycles. The van der Waals surface area contributed by atoms with Gasteiger partial charge in [-0.2, -0.15) is 0 Å². The molecule has 3 rings (SSSR count). The topological polar surface area (TPSA) is 41.1 Å². The molecule has 23 heavy (non-hydrogen) atoms. The first-order chi connectivity index (χ1) is 11.1. The largest absolute Gasteiger partial charge is 0.325 e. The molecule has 2 aromatic rings. The van der Waals surface area contributed by atoms with E-state index in [1.807, 2.05) is 44.2 Å². The first-order valence-corrected chi connectivity index (χ1v) is 8.32. The Morgan fingerprint density at radius 1 is 1.04 bits per heavy atom. The van der Waals surface area contributed by atoms with Gasteiger partial charge in [0.05, 0.1) is 6.04 Å². The molecule has 120 valence electrons. The van der Waals surface area contributed by atoms with Crippen molar-refractivity contribution in [2.45, 2.75) is 38.8 Å². The van der Waals surface area contributed by atoms with Crippen LogP contribution in [0.25, 0.3) is 0 Å². The van der Waals surface area contributed by atoms with Gasteiger partial charge in [-0.3, -0.25) is 10.1 Å². The van der Waals surface area contributed by atoms with Gasteiger partial charge in [0.15, 0.2) is 0 Å². The van der Waals surface area contributed by atoms with Gasteiger partial charge in [-0.15, -0.1) is 0 Å². The second-order valence-electron chi connectivity index (χ2n) is 6.47. The molecule has 2 aromatic carbocycles. The van der Waals surface area contributed by atoms with Crippen LogP contribution in [0.1, 0.15) is 36.9 Å². The lowest BCUT2D eigenvalue weighted by Gasteiger charge is -2.23. The van der Waals surface area contributed by atoms with E-state index in [4.69, 9.17) is 0 Å². The van der Waals surface area contributed by atoms with Crippen LogP contribution in [0.5, 0.6) is 0 Å². The summed E-state index contributed by atoms with van der Waals surface area (Å²) >= 11 is 0. The van der Waals surface area contributed by atoms with Gasteiger partial charge < -0.3 is 5.32 Å². The number of amides is 1. The van der Waals surface area contributed by atoms with Gasteiger partial charge in [0.25, 0.3) is 0 Å². The summed E-state index contributed by atoms with van der Waals surface area (Å²) in [5.74, 6) is 0.655. The summed E-state index contributed by atoms with van der Waals surface area (Å²) < 4.78 is 0. The van der Waals surface area contributed by atoms with Crippen molar-refractivity contribution in [1.82, 2.24) is 5.32 Å². The molecule has 2 N–H and O–H groups in total. The predicted octanol–water partition coefficient (Wildman–Crippen LogP) is 4.06. The van der Waals surface area contributed by atoms with Gasteiger partial charge in [-0.25, -0.2) is 0 Å². The molecular formula is C20H24N2O. The Hall–Kier alpha value is -2.13. The van der Waals surface area contributed by atoms with Crippen LogP contribution in [0.4, 0.5) is 5.69 Å². The van der Waals surface area contributed by atoms with Crippen LogP contribution in [0.3, 0.4) is 0 Å². The van der Waals surface area contributed by atoms with Crippen molar-refractivity contribution in [2.24, 2.45) is 5.92 Å². The Bertz CT molecular complexity index is 647. The standard InChI is InChI=1S/C20H24N2O/c1-14-8-12-18(13-9-14)22-20(23)15(2)21-19(17-10-11-17)16-6-4-3-5-7-16/h3-9,12-13,15,17,19,21H,10-11H2,1-2H3,(H,22,23)/t15-,19+/m1/s1. The molecule has 3 heteroatoms. The van der Waals surface area contributed by atoms with E-state index >= 15 is 0 Å². The van der Waals surface area contributed by atoms with Crippen LogP contribution in [-0.4, -0.2) is 11.9 Å². The molecule has 0 radical (unpaired) electrons. The van der Waals surface area contributed by atoms with Crippen molar-refractivity contribution in [1.29, 1.82) is 0 Å². The quantitative estimate of drug-likeness (QED) is 0.845. The molecule has 1 aliphatic rings. The lowest BCUT2D eigenvalue weighted by molar-refractivity contribution is -0.118. The Morgan fingerprint density at radius 2 is 1.70 bits per heavy atom. The Labute approximate surface area is 138 Å². The predicted molar refractivity (Wildman–Crippen MR) is 94.3 cm³/mol. The summed E-state index contributed by atoms with van der Waals surface area (Å²) in [6.45, 7) is 3.97. The van der Waals surface area contributed by atoms with Gasteiger partial charge >= 0.3 is 0 Å². The van der Waals surface area contributed by atoms with E-state index < -0.39 is 0 Å². The summed E-state index contributed by atoms with van der Waals surface area (Å²) in [7, 11) is 0. The number of aryl methyl sites for hydroxylation is 1. The number of nitrogens with one attached hydrogen (secondary N) is 2. The van der Waals surface area contributed by atoms with Crippen LogP contribution >= 0.6 is 0 Å². The summed E-state index contributed by atoms with van der Waals surface area (Å²) in [5.41, 5.74) is 3.30. The maximum atomic E-state index is 12.4. The molecule has 1 amide bonds. The van der Waals surface area contributed by atoms with Crippen molar-refractivity contribution < 1.29 is 4.79 Å². The minimum absolute atomic E-state index is 0.00966. The minimum Gasteiger partial charge on any atom is -0.325 e. The molecule has 0 aliphatic heterocycles. The number of hydrogen-bond acceptors (Lipinski definition) is 2. The Balaban J connectivity index is 1.63. The molecule has 0 bridgehead atoms. The average Bonchev–Trinajstić information content (AvgIpc) is 3.40. The van der Waals surface area contributed by atoms with Crippen LogP contribution in [0.15, 0.2) is 54.6 Å². The van der Waals surface area contributed by atoms with Crippen LogP contribution in [0.2, 0.25) is 0 Å². The normalized spacial score (nSPS) is 16.6. The fourth-order valence-corrected chi connectivity index (χ4v) is 2.83. The van der Waals surface area contributed by atoms with Crippen molar-refractivity contribution in [3.63, 3.8) is 0 Å². The second kappa shape index (κ2) is 6.97. The first-order valence-electron chi connectivity index (χ1n) is 8.32. The van der Waals surface area contributed by atoms with Gasteiger partial charge in [-0.05, 0) is 50.3 Å². The summed E-state index contributed by atoms with van der Waals surface area (Å²) in [5, 5.41) is 6.50. The molecule has 0 spiro atoms. The zero-order valence-electron chi connectivity index (χ0n) is 13.8. The van der Waals surface area contributed by atoms with Crippen LogP contribution in [0, 0.1) is 12.8 Å². The van der Waals surface area contributed by atoms with E-state index in [9.17, 15) is 4.79 Å². The first kappa shape index (κ1) is 15.8. The zero-order chi connectivity index (χ0) is 16.2. The maximum absolute atomic E-state index is 12.4. The van der Waals surface area contributed by atoms with Crippen LogP contribution in [-0.2, 0) is 4.79 Å². The van der Waals surface area contributed by atoms with E-state index in [1.165, 1.54) is 24.0 Å². The molecule has 3 nitrogen and oxygen atoms in total. The van der Waals surface area contributed by atoms with Crippen molar-refractivity contribution in [3.8, 4) is 0 Å². The highest BCUT2D eigenvalue weighted by molar-refractivity contribution is 5.94. The van der Waals surface area contributed by atoms with Gasteiger partial charge in [0, 0.05) is 11.7 Å². The Morgan fingerprint density at radius 3 is 2.30 bits per heavy atom. The third kappa shape index (κ3) is 4.20. The zero-order valence-corrected chi connectivity index (χ0v) is 13.8. The van der Waals surface area contributed by atoms with Gasteiger partial charge in [-0.1, -0.05) is 48.0 Å². The van der Waals surface area contributed by atoms with Crippen molar-refractivity contribution in [2.75, 3.05) is 5.32 Å². The van der Waals surface area contributed by atoms with E-state index in [-0.39, 0.29) is 18.0 Å². The SMILES string of the molecule is Cc1ccc(NC(=O)[C@@H](C)N[C@@H](c2ccccc2)C2CC2)cc1. The van der Waals surface area contributed by atoms with E-state index in [1.54, 1.807) is 0 Å². The second-order valence-corrected chi connectivity index (χ2v) is 6.47. The maximum Gasteiger partial charge on any atom is 0.241 e. The van der Waals surface area contributed by atoms with Gasteiger partial charge in [0.1, 0.15) is 0 Å². The molecular weight excluding hydrogens is 284 g/mol. The third-order valence-electron chi connectivity index (χ3n) is 4.39. The molecule has 0 saturated heterocycles.